The number of halogens is 2. The zero-order valence-electron chi connectivity index (χ0n) is 11.2. The number of rotatable bonds is 4. The van der Waals surface area contributed by atoms with Crippen LogP contribution in [0.25, 0.3) is 0 Å². The van der Waals surface area contributed by atoms with Gasteiger partial charge in [-0.25, -0.2) is 8.42 Å². The molecule has 2 aromatic rings. The summed E-state index contributed by atoms with van der Waals surface area (Å²) >= 11 is 11.8. The minimum atomic E-state index is -3.76. The molecule has 2 aromatic carbocycles. The maximum atomic E-state index is 12.5. The molecule has 0 aliphatic carbocycles. The minimum absolute atomic E-state index is 0.168. The van der Waals surface area contributed by atoms with Gasteiger partial charge in [0.1, 0.15) is 0 Å². The van der Waals surface area contributed by atoms with E-state index in [0.717, 1.165) is 5.56 Å². The van der Waals surface area contributed by atoms with Crippen LogP contribution in [0, 0.1) is 6.92 Å². The highest BCUT2D eigenvalue weighted by Crippen LogP contribution is 2.28. The second-order valence-electron chi connectivity index (χ2n) is 4.53. The molecule has 3 N–H and O–H groups in total. The Kier molecular flexibility index (Phi) is 4.78. The summed E-state index contributed by atoms with van der Waals surface area (Å²) in [4.78, 5) is 0.168. The van der Waals surface area contributed by atoms with Crippen molar-refractivity contribution in [2.24, 2.45) is 5.73 Å². The molecule has 0 aliphatic heterocycles. The number of aryl methyl sites for hydroxylation is 1. The zero-order chi connectivity index (χ0) is 15.6. The average molecular weight is 345 g/mol. The van der Waals surface area contributed by atoms with Crippen molar-refractivity contribution in [2.45, 2.75) is 18.4 Å². The average Bonchev–Trinajstić information content (AvgIpc) is 2.43. The first kappa shape index (κ1) is 16.1. The van der Waals surface area contributed by atoms with Gasteiger partial charge in [-0.1, -0.05) is 35.3 Å². The van der Waals surface area contributed by atoms with Crippen molar-refractivity contribution in [3.63, 3.8) is 0 Å². The third kappa shape index (κ3) is 3.68. The Morgan fingerprint density at radius 3 is 2.52 bits per heavy atom. The molecule has 0 saturated heterocycles. The van der Waals surface area contributed by atoms with Crippen LogP contribution in [0.2, 0.25) is 10.0 Å². The molecule has 0 amide bonds. The highest BCUT2D eigenvalue weighted by atomic mass is 35.5. The van der Waals surface area contributed by atoms with E-state index in [-0.39, 0.29) is 22.2 Å². The summed E-state index contributed by atoms with van der Waals surface area (Å²) in [5.41, 5.74) is 7.15. The van der Waals surface area contributed by atoms with Crippen LogP contribution < -0.4 is 10.5 Å². The molecule has 0 aliphatic rings. The lowest BCUT2D eigenvalue weighted by Gasteiger charge is -2.13. The molecule has 0 bridgehead atoms. The van der Waals surface area contributed by atoms with Gasteiger partial charge < -0.3 is 5.73 Å². The van der Waals surface area contributed by atoms with Crippen LogP contribution in [-0.4, -0.2) is 8.42 Å². The number of nitrogens with one attached hydrogen (secondary N) is 1. The Bertz CT molecular complexity index is 777. The van der Waals surface area contributed by atoms with Gasteiger partial charge in [0.2, 0.25) is 0 Å². The van der Waals surface area contributed by atoms with E-state index in [1.807, 2.05) is 0 Å². The minimum Gasteiger partial charge on any atom is -0.326 e. The third-order valence-electron chi connectivity index (χ3n) is 2.95. The van der Waals surface area contributed by atoms with Crippen LogP contribution in [0.3, 0.4) is 0 Å². The van der Waals surface area contributed by atoms with Crippen LogP contribution in [0.15, 0.2) is 41.3 Å². The summed E-state index contributed by atoms with van der Waals surface area (Å²) in [7, 11) is -3.76. The van der Waals surface area contributed by atoms with Crippen molar-refractivity contribution in [1.29, 1.82) is 0 Å². The van der Waals surface area contributed by atoms with Gasteiger partial charge in [-0.3, -0.25) is 4.72 Å². The van der Waals surface area contributed by atoms with Crippen LogP contribution in [0.1, 0.15) is 11.1 Å². The standard InChI is InChI=1S/C14H14Cl2N2O2S/c1-9-2-3-10(8-17)6-14(9)21(19,20)18-13-7-11(15)4-5-12(13)16/h2-7,18H,8,17H2,1H3. The fraction of sp³-hybridized carbons (Fsp3) is 0.143. The Morgan fingerprint density at radius 2 is 1.86 bits per heavy atom. The van der Waals surface area contributed by atoms with Gasteiger partial charge in [0.05, 0.1) is 15.6 Å². The number of sulfonamides is 1. The van der Waals surface area contributed by atoms with E-state index in [0.29, 0.717) is 10.6 Å². The number of nitrogens with two attached hydrogens (primary N) is 1. The molecule has 0 unspecified atom stereocenters. The molecule has 0 atom stereocenters. The topological polar surface area (TPSA) is 72.2 Å². The van der Waals surface area contributed by atoms with Gasteiger partial charge in [-0.15, -0.1) is 0 Å². The lowest BCUT2D eigenvalue weighted by Crippen LogP contribution is -2.15. The van der Waals surface area contributed by atoms with Crippen LogP contribution >= 0.6 is 23.2 Å². The zero-order valence-corrected chi connectivity index (χ0v) is 13.6. The first-order valence-corrected chi connectivity index (χ1v) is 8.35. The van der Waals surface area contributed by atoms with Gasteiger partial charge in [0.15, 0.2) is 0 Å². The summed E-state index contributed by atoms with van der Waals surface area (Å²) in [5.74, 6) is 0. The molecule has 0 aromatic heterocycles. The molecule has 112 valence electrons. The SMILES string of the molecule is Cc1ccc(CN)cc1S(=O)(=O)Nc1cc(Cl)ccc1Cl. The quantitative estimate of drug-likeness (QED) is 0.890. The van der Waals surface area contributed by atoms with Gasteiger partial charge >= 0.3 is 0 Å². The lowest BCUT2D eigenvalue weighted by molar-refractivity contribution is 0.600. The van der Waals surface area contributed by atoms with Crippen LogP contribution in [0.4, 0.5) is 5.69 Å². The van der Waals surface area contributed by atoms with E-state index in [1.165, 1.54) is 12.1 Å². The predicted molar refractivity (Wildman–Crippen MR) is 86.3 cm³/mol. The maximum Gasteiger partial charge on any atom is 0.262 e. The second kappa shape index (κ2) is 6.23. The molecule has 0 spiro atoms. The molecule has 7 heteroatoms. The van der Waals surface area contributed by atoms with Crippen molar-refractivity contribution in [2.75, 3.05) is 4.72 Å². The van der Waals surface area contributed by atoms with Gasteiger partial charge in [-0.2, -0.15) is 0 Å². The lowest BCUT2D eigenvalue weighted by atomic mass is 10.1. The summed E-state index contributed by atoms with van der Waals surface area (Å²) in [6, 6.07) is 9.64. The number of hydrogen-bond donors (Lipinski definition) is 2. The van der Waals surface area contributed by atoms with E-state index < -0.39 is 10.0 Å². The summed E-state index contributed by atoms with van der Waals surface area (Å²) < 4.78 is 27.5. The molecular formula is C14H14Cl2N2O2S. The Labute approximate surface area is 133 Å². The Hall–Kier alpha value is -1.27. The molecule has 0 heterocycles. The summed E-state index contributed by atoms with van der Waals surface area (Å²) in [6.45, 7) is 1.98. The smallest absolute Gasteiger partial charge is 0.262 e. The molecule has 4 nitrogen and oxygen atoms in total. The molecule has 21 heavy (non-hydrogen) atoms. The highest BCUT2D eigenvalue weighted by Gasteiger charge is 2.18. The first-order chi connectivity index (χ1) is 9.83. The number of benzene rings is 2. The van der Waals surface area contributed by atoms with Crippen molar-refractivity contribution in [3.05, 3.63) is 57.6 Å². The predicted octanol–water partition coefficient (Wildman–Crippen LogP) is 3.56. The van der Waals surface area contributed by atoms with Gasteiger partial charge in [0, 0.05) is 11.6 Å². The molecule has 2 rings (SSSR count). The van der Waals surface area contributed by atoms with Crippen molar-refractivity contribution >= 4 is 38.9 Å². The fourth-order valence-electron chi connectivity index (χ4n) is 1.84. The monoisotopic (exact) mass is 344 g/mol. The van der Waals surface area contributed by atoms with Gasteiger partial charge in [-0.05, 0) is 42.3 Å². The maximum absolute atomic E-state index is 12.5. The van der Waals surface area contributed by atoms with E-state index in [1.54, 1.807) is 31.2 Å². The Morgan fingerprint density at radius 1 is 1.14 bits per heavy atom. The van der Waals surface area contributed by atoms with E-state index in [2.05, 4.69) is 4.72 Å². The molecular weight excluding hydrogens is 331 g/mol. The second-order valence-corrected chi connectivity index (χ2v) is 7.03. The van der Waals surface area contributed by atoms with Crippen molar-refractivity contribution < 1.29 is 8.42 Å². The largest absolute Gasteiger partial charge is 0.326 e. The van der Waals surface area contributed by atoms with Crippen molar-refractivity contribution in [3.8, 4) is 0 Å². The van der Waals surface area contributed by atoms with E-state index in [4.69, 9.17) is 28.9 Å². The Balaban J connectivity index is 2.45. The molecule has 0 fully saturated rings. The van der Waals surface area contributed by atoms with Crippen LogP contribution in [0.5, 0.6) is 0 Å². The third-order valence-corrected chi connectivity index (χ3v) is 5.02. The number of anilines is 1. The van der Waals surface area contributed by atoms with E-state index >= 15 is 0 Å². The first-order valence-electron chi connectivity index (χ1n) is 6.11. The van der Waals surface area contributed by atoms with Crippen LogP contribution in [-0.2, 0) is 16.6 Å². The normalized spacial score (nSPS) is 11.4. The summed E-state index contributed by atoms with van der Waals surface area (Å²) in [5, 5.41) is 0.667. The molecule has 0 radical (unpaired) electrons. The fourth-order valence-corrected chi connectivity index (χ4v) is 3.60. The van der Waals surface area contributed by atoms with Gasteiger partial charge in [0.25, 0.3) is 10.0 Å². The molecule has 0 saturated carbocycles. The van der Waals surface area contributed by atoms with E-state index in [9.17, 15) is 8.42 Å². The van der Waals surface area contributed by atoms with Crippen molar-refractivity contribution in [1.82, 2.24) is 0 Å². The summed E-state index contributed by atoms with van der Waals surface area (Å²) in [6.07, 6.45) is 0. The highest BCUT2D eigenvalue weighted by molar-refractivity contribution is 7.92. The number of hydrogen-bond acceptors (Lipinski definition) is 3.